The summed E-state index contributed by atoms with van der Waals surface area (Å²) in [6.45, 7) is 3.26. The summed E-state index contributed by atoms with van der Waals surface area (Å²) in [5.74, 6) is 1.79. The summed E-state index contributed by atoms with van der Waals surface area (Å²) < 4.78 is 23.6. The van der Waals surface area contributed by atoms with Crippen LogP contribution in [0.1, 0.15) is 57.7 Å². The maximum atomic E-state index is 13.0. The number of aryl methyl sites for hydroxylation is 2. The zero-order valence-electron chi connectivity index (χ0n) is 21.3. The summed E-state index contributed by atoms with van der Waals surface area (Å²) in [6, 6.07) is 16.2. The predicted octanol–water partition coefficient (Wildman–Crippen LogP) is 5.59. The second-order valence-electron chi connectivity index (χ2n) is 10.4. The molecule has 4 aromatic rings. The first-order chi connectivity index (χ1) is 18.6. The van der Waals surface area contributed by atoms with Crippen molar-refractivity contribution in [3.63, 3.8) is 0 Å². The van der Waals surface area contributed by atoms with Gasteiger partial charge in [0.05, 0.1) is 25.0 Å². The Kier molecular flexibility index (Phi) is 5.50. The fraction of sp³-hybridized carbons (Fsp3) is 0.312. The Hall–Kier alpha value is -4.06. The van der Waals surface area contributed by atoms with Crippen LogP contribution in [0.5, 0.6) is 17.2 Å². The zero-order chi connectivity index (χ0) is 25.8. The van der Waals surface area contributed by atoms with Gasteiger partial charge in [-0.15, -0.1) is 0 Å². The van der Waals surface area contributed by atoms with E-state index in [1.165, 1.54) is 11.1 Å². The van der Waals surface area contributed by atoms with Gasteiger partial charge in [0, 0.05) is 35.4 Å². The summed E-state index contributed by atoms with van der Waals surface area (Å²) in [5.41, 5.74) is 7.22. The van der Waals surface area contributed by atoms with Crippen LogP contribution in [-0.2, 0) is 30.5 Å². The van der Waals surface area contributed by atoms with Crippen LogP contribution in [0.3, 0.4) is 0 Å². The molecule has 0 fully saturated rings. The normalized spacial score (nSPS) is 17.5. The monoisotopic (exact) mass is 508 g/mol. The molecule has 1 aromatic heterocycles. The Balaban J connectivity index is 1.25. The van der Waals surface area contributed by atoms with Crippen molar-refractivity contribution in [2.75, 3.05) is 13.2 Å². The quantitative estimate of drug-likeness (QED) is 0.199. The highest BCUT2D eigenvalue weighted by Gasteiger charge is 2.35. The Morgan fingerprint density at radius 1 is 1.00 bits per heavy atom. The highest BCUT2D eigenvalue weighted by atomic mass is 16.5. The van der Waals surface area contributed by atoms with Crippen LogP contribution in [0.25, 0.3) is 11.0 Å². The van der Waals surface area contributed by atoms with Crippen LogP contribution in [0.15, 0.2) is 57.7 Å². The smallest absolute Gasteiger partial charge is 0.339 e. The maximum Gasteiger partial charge on any atom is 0.339 e. The SMILES string of the molecule is Cc1cc2oc(=O)c3c(c2c2c1[C@H](c1ccccc1OCCc1ccc4c(c1)CCO4)CC(=O)O2)CCC3. The van der Waals surface area contributed by atoms with Gasteiger partial charge in [0.25, 0.3) is 0 Å². The van der Waals surface area contributed by atoms with E-state index in [4.69, 9.17) is 18.6 Å². The van der Waals surface area contributed by atoms with Gasteiger partial charge in [-0.1, -0.05) is 30.3 Å². The minimum Gasteiger partial charge on any atom is -0.493 e. The molecule has 3 heterocycles. The van der Waals surface area contributed by atoms with Crippen LogP contribution >= 0.6 is 0 Å². The first-order valence-electron chi connectivity index (χ1n) is 13.4. The summed E-state index contributed by atoms with van der Waals surface area (Å²) in [6.07, 6.45) is 4.33. The number of esters is 1. The van der Waals surface area contributed by atoms with Crippen molar-refractivity contribution < 1.29 is 23.4 Å². The Morgan fingerprint density at radius 2 is 1.87 bits per heavy atom. The van der Waals surface area contributed by atoms with E-state index in [-0.39, 0.29) is 23.9 Å². The van der Waals surface area contributed by atoms with E-state index in [2.05, 4.69) is 12.1 Å². The summed E-state index contributed by atoms with van der Waals surface area (Å²) in [7, 11) is 0. The standard InChI is InChI=1S/C32H28O6/c1-18-15-27-30(22-6-4-7-23(22)32(34)37-27)31-29(18)24(17-28(33)38-31)21-5-2-3-8-26(21)36-13-11-19-9-10-25-20(16-19)12-14-35-25/h2-3,5,8-10,15-16,24H,4,6-7,11-14,17H2,1H3/t24-/m0/s1. The molecule has 6 heteroatoms. The summed E-state index contributed by atoms with van der Waals surface area (Å²) >= 11 is 0. The van der Waals surface area contributed by atoms with Gasteiger partial charge in [0.1, 0.15) is 22.8 Å². The van der Waals surface area contributed by atoms with Crippen molar-refractivity contribution in [3.8, 4) is 17.2 Å². The van der Waals surface area contributed by atoms with Gasteiger partial charge in [-0.25, -0.2) is 4.79 Å². The molecule has 0 saturated carbocycles. The van der Waals surface area contributed by atoms with Gasteiger partial charge >= 0.3 is 11.6 Å². The zero-order valence-corrected chi connectivity index (χ0v) is 21.3. The molecular formula is C32H28O6. The molecule has 3 aromatic carbocycles. The first-order valence-corrected chi connectivity index (χ1v) is 13.4. The molecule has 0 unspecified atom stereocenters. The van der Waals surface area contributed by atoms with Crippen molar-refractivity contribution >= 4 is 16.9 Å². The molecule has 1 aliphatic carbocycles. The highest BCUT2D eigenvalue weighted by Crippen LogP contribution is 2.48. The minimum absolute atomic E-state index is 0.215. The number of hydrogen-bond acceptors (Lipinski definition) is 6. The average Bonchev–Trinajstić information content (AvgIpc) is 3.58. The lowest BCUT2D eigenvalue weighted by Gasteiger charge is -2.29. The van der Waals surface area contributed by atoms with Gasteiger partial charge in [0.2, 0.25) is 0 Å². The van der Waals surface area contributed by atoms with Crippen LogP contribution in [-0.4, -0.2) is 19.2 Å². The van der Waals surface area contributed by atoms with Crippen molar-refractivity contribution in [1.82, 2.24) is 0 Å². The van der Waals surface area contributed by atoms with Gasteiger partial charge < -0.3 is 18.6 Å². The molecule has 0 saturated heterocycles. The Bertz CT molecular complexity index is 1660. The average molecular weight is 509 g/mol. The molecule has 0 N–H and O–H groups in total. The van der Waals surface area contributed by atoms with Crippen molar-refractivity contribution in [2.24, 2.45) is 0 Å². The number of benzene rings is 3. The lowest BCUT2D eigenvalue weighted by molar-refractivity contribution is -0.135. The van der Waals surface area contributed by atoms with Crippen molar-refractivity contribution in [1.29, 1.82) is 0 Å². The maximum absolute atomic E-state index is 13.0. The van der Waals surface area contributed by atoms with Crippen LogP contribution < -0.4 is 19.8 Å². The molecular weight excluding hydrogens is 480 g/mol. The van der Waals surface area contributed by atoms with E-state index < -0.39 is 0 Å². The van der Waals surface area contributed by atoms with E-state index in [0.717, 1.165) is 71.4 Å². The lowest BCUT2D eigenvalue weighted by atomic mass is 9.82. The number of carbonyl (C=O) groups excluding carboxylic acids is 1. The van der Waals surface area contributed by atoms with Crippen molar-refractivity contribution in [3.05, 3.63) is 97.9 Å². The summed E-state index contributed by atoms with van der Waals surface area (Å²) in [4.78, 5) is 25.5. The van der Waals surface area contributed by atoms with E-state index in [1.54, 1.807) is 0 Å². The number of fused-ring (bicyclic) bond motifs is 6. The largest absolute Gasteiger partial charge is 0.493 e. The fourth-order valence-electron chi connectivity index (χ4n) is 6.35. The molecule has 7 rings (SSSR count). The minimum atomic E-state index is -0.289. The molecule has 38 heavy (non-hydrogen) atoms. The number of ether oxygens (including phenoxy) is 3. The number of rotatable bonds is 5. The summed E-state index contributed by atoms with van der Waals surface area (Å²) in [5, 5.41) is 0.773. The first kappa shape index (κ1) is 23.1. The molecule has 192 valence electrons. The van der Waals surface area contributed by atoms with Crippen LogP contribution in [0.2, 0.25) is 0 Å². The third kappa shape index (κ3) is 3.78. The lowest BCUT2D eigenvalue weighted by Crippen LogP contribution is -2.23. The van der Waals surface area contributed by atoms with Gasteiger partial charge in [0.15, 0.2) is 0 Å². The van der Waals surface area contributed by atoms with E-state index in [0.29, 0.717) is 29.9 Å². The van der Waals surface area contributed by atoms with Crippen LogP contribution in [0, 0.1) is 6.92 Å². The Labute approximate surface area is 220 Å². The van der Waals surface area contributed by atoms with Crippen molar-refractivity contribution in [2.45, 2.75) is 51.4 Å². The third-order valence-electron chi connectivity index (χ3n) is 8.09. The molecule has 6 nitrogen and oxygen atoms in total. The molecule has 0 amide bonds. The third-order valence-corrected chi connectivity index (χ3v) is 8.09. The molecule has 0 radical (unpaired) electrons. The van der Waals surface area contributed by atoms with Gasteiger partial charge in [-0.05, 0) is 66.6 Å². The topological polar surface area (TPSA) is 75.0 Å². The molecule has 0 bridgehead atoms. The van der Waals surface area contributed by atoms with E-state index in [1.807, 2.05) is 43.3 Å². The molecule has 0 spiro atoms. The Morgan fingerprint density at radius 3 is 2.79 bits per heavy atom. The number of carbonyl (C=O) groups is 1. The van der Waals surface area contributed by atoms with E-state index in [9.17, 15) is 9.59 Å². The molecule has 3 aliphatic rings. The molecule has 1 atom stereocenters. The second-order valence-corrected chi connectivity index (χ2v) is 10.4. The number of hydrogen-bond donors (Lipinski definition) is 0. The number of para-hydroxylation sites is 1. The van der Waals surface area contributed by atoms with Gasteiger partial charge in [-0.2, -0.15) is 0 Å². The fourth-order valence-corrected chi connectivity index (χ4v) is 6.35. The highest BCUT2D eigenvalue weighted by molar-refractivity contribution is 5.95. The second kappa shape index (κ2) is 9.05. The van der Waals surface area contributed by atoms with Gasteiger partial charge in [-0.3, -0.25) is 4.79 Å². The molecule has 2 aliphatic heterocycles. The predicted molar refractivity (Wildman–Crippen MR) is 143 cm³/mol. The van der Waals surface area contributed by atoms with E-state index >= 15 is 0 Å². The van der Waals surface area contributed by atoms with Crippen LogP contribution in [0.4, 0.5) is 0 Å².